The van der Waals surface area contributed by atoms with Gasteiger partial charge >= 0.3 is 0 Å². The standard InChI is InChI=1S/C21H24N2O/c24-21(20-10-9-17-6-3-4-8-19(17)20)22-12-14-23-13-11-16-5-1-2-7-18(16)15-23/h1-8,20H,9-15H2,(H,22,24). The number of amides is 1. The minimum Gasteiger partial charge on any atom is -0.354 e. The monoisotopic (exact) mass is 320 g/mol. The van der Waals surface area contributed by atoms with Gasteiger partial charge in [-0.1, -0.05) is 48.5 Å². The van der Waals surface area contributed by atoms with Gasteiger partial charge in [-0.3, -0.25) is 9.69 Å². The van der Waals surface area contributed by atoms with E-state index in [0.29, 0.717) is 0 Å². The van der Waals surface area contributed by atoms with Crippen LogP contribution < -0.4 is 5.32 Å². The van der Waals surface area contributed by atoms with Gasteiger partial charge in [0.15, 0.2) is 0 Å². The van der Waals surface area contributed by atoms with Crippen molar-refractivity contribution in [2.45, 2.75) is 31.7 Å². The molecule has 0 saturated heterocycles. The molecule has 0 bridgehead atoms. The van der Waals surface area contributed by atoms with Crippen LogP contribution in [-0.4, -0.2) is 30.4 Å². The fraction of sp³-hybridized carbons (Fsp3) is 0.381. The van der Waals surface area contributed by atoms with Gasteiger partial charge in [-0.25, -0.2) is 0 Å². The van der Waals surface area contributed by atoms with E-state index in [9.17, 15) is 4.79 Å². The molecule has 1 heterocycles. The molecule has 0 radical (unpaired) electrons. The van der Waals surface area contributed by atoms with E-state index in [1.807, 2.05) is 6.07 Å². The highest BCUT2D eigenvalue weighted by Gasteiger charge is 2.27. The summed E-state index contributed by atoms with van der Waals surface area (Å²) in [5.41, 5.74) is 5.47. The largest absolute Gasteiger partial charge is 0.354 e. The smallest absolute Gasteiger partial charge is 0.227 e. The van der Waals surface area contributed by atoms with Gasteiger partial charge in [0, 0.05) is 26.2 Å². The third-order valence-corrected chi connectivity index (χ3v) is 5.39. The first-order valence-corrected chi connectivity index (χ1v) is 8.96. The van der Waals surface area contributed by atoms with Crippen LogP contribution in [0.25, 0.3) is 0 Å². The Morgan fingerprint density at radius 2 is 1.75 bits per heavy atom. The van der Waals surface area contributed by atoms with Crippen LogP contribution in [0.5, 0.6) is 0 Å². The SMILES string of the molecule is O=C(NCCN1CCc2ccccc2C1)C1CCc2ccccc21. The van der Waals surface area contributed by atoms with Crippen LogP contribution in [-0.2, 0) is 24.2 Å². The number of nitrogens with one attached hydrogen (secondary N) is 1. The van der Waals surface area contributed by atoms with Gasteiger partial charge in [0.2, 0.25) is 5.91 Å². The fourth-order valence-electron chi connectivity index (χ4n) is 4.03. The molecular formula is C21H24N2O. The van der Waals surface area contributed by atoms with Crippen LogP contribution in [0.3, 0.4) is 0 Å². The highest BCUT2D eigenvalue weighted by atomic mass is 16.1. The molecule has 3 nitrogen and oxygen atoms in total. The van der Waals surface area contributed by atoms with E-state index in [1.165, 1.54) is 22.3 Å². The highest BCUT2D eigenvalue weighted by Crippen LogP contribution is 2.32. The van der Waals surface area contributed by atoms with Crippen molar-refractivity contribution in [3.05, 3.63) is 70.8 Å². The minimum atomic E-state index is 0.0447. The summed E-state index contributed by atoms with van der Waals surface area (Å²) in [4.78, 5) is 15.0. The van der Waals surface area contributed by atoms with E-state index in [-0.39, 0.29) is 11.8 Å². The summed E-state index contributed by atoms with van der Waals surface area (Å²) in [6, 6.07) is 17.0. The third-order valence-electron chi connectivity index (χ3n) is 5.39. The molecule has 0 spiro atoms. The lowest BCUT2D eigenvalue weighted by Gasteiger charge is -2.28. The lowest BCUT2D eigenvalue weighted by atomic mass is 10.00. The Hall–Kier alpha value is -2.13. The second-order valence-corrected chi connectivity index (χ2v) is 6.88. The molecule has 2 aromatic rings. The van der Waals surface area contributed by atoms with E-state index >= 15 is 0 Å². The summed E-state index contributed by atoms with van der Waals surface area (Å²) in [7, 11) is 0. The molecular weight excluding hydrogens is 296 g/mol. The molecule has 1 unspecified atom stereocenters. The van der Waals surface area contributed by atoms with Gasteiger partial charge in [0.1, 0.15) is 0 Å². The summed E-state index contributed by atoms with van der Waals surface area (Å²) >= 11 is 0. The predicted molar refractivity (Wildman–Crippen MR) is 95.9 cm³/mol. The first kappa shape index (κ1) is 15.4. The molecule has 124 valence electrons. The van der Waals surface area contributed by atoms with Gasteiger partial charge in [-0.05, 0) is 41.5 Å². The fourth-order valence-corrected chi connectivity index (χ4v) is 4.03. The number of benzene rings is 2. The lowest BCUT2D eigenvalue weighted by Crippen LogP contribution is -2.39. The van der Waals surface area contributed by atoms with Gasteiger partial charge in [-0.15, -0.1) is 0 Å². The molecule has 1 amide bonds. The molecule has 0 fully saturated rings. The van der Waals surface area contributed by atoms with Crippen molar-refractivity contribution in [1.29, 1.82) is 0 Å². The lowest BCUT2D eigenvalue weighted by molar-refractivity contribution is -0.122. The zero-order valence-corrected chi connectivity index (χ0v) is 14.0. The molecule has 1 atom stereocenters. The zero-order chi connectivity index (χ0) is 16.4. The Balaban J connectivity index is 1.29. The number of aryl methyl sites for hydroxylation is 1. The van der Waals surface area contributed by atoms with E-state index in [4.69, 9.17) is 0 Å². The van der Waals surface area contributed by atoms with E-state index in [0.717, 1.165) is 45.4 Å². The van der Waals surface area contributed by atoms with Gasteiger partial charge in [-0.2, -0.15) is 0 Å². The van der Waals surface area contributed by atoms with Crippen molar-refractivity contribution in [3.8, 4) is 0 Å². The average molecular weight is 320 g/mol. The van der Waals surface area contributed by atoms with Crippen LogP contribution in [0, 0.1) is 0 Å². The second-order valence-electron chi connectivity index (χ2n) is 6.88. The Morgan fingerprint density at radius 1 is 1.00 bits per heavy atom. The third kappa shape index (κ3) is 3.09. The number of fused-ring (bicyclic) bond motifs is 2. The number of nitrogens with zero attached hydrogens (tertiary/aromatic N) is 1. The Labute approximate surface area is 143 Å². The molecule has 4 rings (SSSR count). The molecule has 3 heteroatoms. The topological polar surface area (TPSA) is 32.3 Å². The van der Waals surface area contributed by atoms with Crippen LogP contribution in [0.1, 0.15) is 34.6 Å². The maximum absolute atomic E-state index is 12.5. The van der Waals surface area contributed by atoms with Crippen molar-refractivity contribution in [3.63, 3.8) is 0 Å². The number of carbonyl (C=O) groups is 1. The number of carbonyl (C=O) groups excluding carboxylic acids is 1. The quantitative estimate of drug-likeness (QED) is 0.939. The zero-order valence-electron chi connectivity index (χ0n) is 14.0. The summed E-state index contributed by atoms with van der Waals surface area (Å²) in [5, 5.41) is 3.16. The Bertz CT molecular complexity index is 740. The molecule has 0 aromatic heterocycles. The average Bonchev–Trinajstić information content (AvgIpc) is 3.06. The number of hydrogen-bond donors (Lipinski definition) is 1. The second kappa shape index (κ2) is 6.78. The van der Waals surface area contributed by atoms with Crippen LogP contribution in [0.4, 0.5) is 0 Å². The van der Waals surface area contributed by atoms with E-state index in [1.54, 1.807) is 0 Å². The first-order valence-electron chi connectivity index (χ1n) is 8.96. The van der Waals surface area contributed by atoms with Gasteiger partial charge < -0.3 is 5.32 Å². The molecule has 2 aromatic carbocycles. The van der Waals surface area contributed by atoms with Gasteiger partial charge in [0.25, 0.3) is 0 Å². The summed E-state index contributed by atoms with van der Waals surface area (Å²) in [6.07, 6.45) is 3.08. The Kier molecular flexibility index (Phi) is 4.35. The number of rotatable bonds is 4. The molecule has 1 aliphatic carbocycles. The summed E-state index contributed by atoms with van der Waals surface area (Å²) in [5.74, 6) is 0.237. The molecule has 0 saturated carbocycles. The van der Waals surface area contributed by atoms with E-state index < -0.39 is 0 Å². The Morgan fingerprint density at radius 3 is 2.62 bits per heavy atom. The maximum Gasteiger partial charge on any atom is 0.227 e. The predicted octanol–water partition coefficient (Wildman–Crippen LogP) is 2.89. The van der Waals surface area contributed by atoms with E-state index in [2.05, 4.69) is 52.7 Å². The van der Waals surface area contributed by atoms with Crippen molar-refractivity contribution in [2.24, 2.45) is 0 Å². The normalized spacial score (nSPS) is 19.6. The van der Waals surface area contributed by atoms with Gasteiger partial charge in [0.05, 0.1) is 5.92 Å². The summed E-state index contributed by atoms with van der Waals surface area (Å²) in [6.45, 7) is 3.74. The van der Waals surface area contributed by atoms with Crippen molar-refractivity contribution in [2.75, 3.05) is 19.6 Å². The summed E-state index contributed by atoms with van der Waals surface area (Å²) < 4.78 is 0. The van der Waals surface area contributed by atoms with Crippen LogP contribution in [0.2, 0.25) is 0 Å². The molecule has 2 aliphatic rings. The molecule has 1 aliphatic heterocycles. The molecule has 1 N–H and O–H groups in total. The van der Waals surface area contributed by atoms with Crippen LogP contribution in [0.15, 0.2) is 48.5 Å². The van der Waals surface area contributed by atoms with Crippen LogP contribution >= 0.6 is 0 Å². The number of hydrogen-bond acceptors (Lipinski definition) is 2. The minimum absolute atomic E-state index is 0.0447. The first-order chi connectivity index (χ1) is 11.8. The van der Waals surface area contributed by atoms with Crippen molar-refractivity contribution < 1.29 is 4.79 Å². The molecule has 24 heavy (non-hydrogen) atoms. The van der Waals surface area contributed by atoms with Crippen molar-refractivity contribution >= 4 is 5.91 Å². The highest BCUT2D eigenvalue weighted by molar-refractivity contribution is 5.84. The van der Waals surface area contributed by atoms with Crippen molar-refractivity contribution in [1.82, 2.24) is 10.2 Å². The maximum atomic E-state index is 12.5.